The third-order valence-electron chi connectivity index (χ3n) is 3.46. The van der Waals surface area contributed by atoms with Crippen LogP contribution in [0, 0.1) is 5.41 Å². The number of rotatable bonds is 11. The van der Waals surface area contributed by atoms with Crippen molar-refractivity contribution in [1.82, 2.24) is 10.3 Å². The molecule has 0 aromatic rings. The first kappa shape index (κ1) is 19.8. The van der Waals surface area contributed by atoms with Crippen molar-refractivity contribution in [2.75, 3.05) is 13.1 Å². The fourth-order valence-electron chi connectivity index (χ4n) is 1.96. The van der Waals surface area contributed by atoms with Gasteiger partial charge < -0.3 is 16.1 Å². The van der Waals surface area contributed by atoms with Crippen LogP contribution < -0.4 is 16.9 Å². The minimum Gasteiger partial charge on any atom is -0.401 e. The fourth-order valence-corrected chi connectivity index (χ4v) is 1.96. The first-order chi connectivity index (χ1) is 9.73. The largest absolute Gasteiger partial charge is 0.401 e. The van der Waals surface area contributed by atoms with Crippen molar-refractivity contribution in [2.24, 2.45) is 17.0 Å². The molecule has 0 amide bonds. The van der Waals surface area contributed by atoms with Crippen LogP contribution in [0.1, 0.15) is 66.2 Å². The third-order valence-corrected chi connectivity index (χ3v) is 3.46. The van der Waals surface area contributed by atoms with Crippen LogP contribution >= 0.6 is 0 Å². The zero-order chi connectivity index (χ0) is 16.3. The molecule has 0 spiro atoms. The molecule has 4 nitrogen and oxygen atoms in total. The first-order valence-corrected chi connectivity index (χ1v) is 8.12. The summed E-state index contributed by atoms with van der Waals surface area (Å²) in [5, 5.41) is 5.10. The van der Waals surface area contributed by atoms with Crippen LogP contribution in [0.25, 0.3) is 0 Å². The van der Waals surface area contributed by atoms with Crippen LogP contribution in [0.5, 0.6) is 0 Å². The number of hydrazine groups is 1. The van der Waals surface area contributed by atoms with E-state index in [4.69, 9.17) is 11.6 Å². The minimum atomic E-state index is 0.157. The highest BCUT2D eigenvalue weighted by molar-refractivity contribution is 5.02. The zero-order valence-corrected chi connectivity index (χ0v) is 14.5. The summed E-state index contributed by atoms with van der Waals surface area (Å²) in [5.41, 5.74) is 7.61. The first-order valence-electron chi connectivity index (χ1n) is 8.12. The molecule has 0 aromatic carbocycles. The number of nitrogens with zero attached hydrogens (tertiary/aromatic N) is 1. The van der Waals surface area contributed by atoms with Gasteiger partial charge >= 0.3 is 0 Å². The second kappa shape index (κ2) is 10.6. The predicted molar refractivity (Wildman–Crippen MR) is 93.1 cm³/mol. The summed E-state index contributed by atoms with van der Waals surface area (Å²) in [7, 11) is 0. The Labute approximate surface area is 131 Å². The molecule has 0 aliphatic carbocycles. The molecule has 0 saturated carbocycles. The second-order valence-electron chi connectivity index (χ2n) is 6.89. The molecule has 124 valence electrons. The van der Waals surface area contributed by atoms with E-state index in [1.54, 1.807) is 11.2 Å². The van der Waals surface area contributed by atoms with Crippen molar-refractivity contribution in [2.45, 2.75) is 66.2 Å². The molecular weight excluding hydrogens is 260 g/mol. The van der Waals surface area contributed by atoms with Gasteiger partial charge in [0.1, 0.15) is 0 Å². The lowest BCUT2D eigenvalue weighted by molar-refractivity contribution is 0.373. The van der Waals surface area contributed by atoms with Crippen LogP contribution in [0.15, 0.2) is 24.2 Å². The summed E-state index contributed by atoms with van der Waals surface area (Å²) in [6.07, 6.45) is 9.20. The Kier molecular flexibility index (Phi) is 9.97. The Morgan fingerprint density at radius 1 is 1.10 bits per heavy atom. The van der Waals surface area contributed by atoms with Gasteiger partial charge in [-0.1, -0.05) is 53.0 Å². The molecule has 0 unspecified atom stereocenters. The molecule has 0 aliphatic rings. The lowest BCUT2D eigenvalue weighted by atomic mass is 9.93. The zero-order valence-electron chi connectivity index (χ0n) is 14.5. The van der Waals surface area contributed by atoms with E-state index >= 15 is 0 Å². The topological polar surface area (TPSA) is 67.3 Å². The van der Waals surface area contributed by atoms with Crippen molar-refractivity contribution >= 4 is 0 Å². The standard InChI is InChI=1S/C17H36N4/c1-15(18)14-21(19)13-11-9-7-6-8-10-12-20-16(2)17(3,4)5/h14,20H,2,6-13,18-19H2,1,3-5H3/b15-14-. The summed E-state index contributed by atoms with van der Waals surface area (Å²) in [6, 6.07) is 0. The molecule has 0 radical (unpaired) electrons. The Balaban J connectivity index is 3.38. The molecule has 0 aliphatic heterocycles. The van der Waals surface area contributed by atoms with E-state index in [1.165, 1.54) is 32.1 Å². The van der Waals surface area contributed by atoms with E-state index < -0.39 is 0 Å². The van der Waals surface area contributed by atoms with Gasteiger partial charge in [-0.2, -0.15) is 0 Å². The molecule has 0 bridgehead atoms. The van der Waals surface area contributed by atoms with E-state index in [0.717, 1.165) is 30.9 Å². The van der Waals surface area contributed by atoms with Crippen molar-refractivity contribution in [3.63, 3.8) is 0 Å². The summed E-state index contributed by atoms with van der Waals surface area (Å²) in [6.45, 7) is 14.4. The second-order valence-corrected chi connectivity index (χ2v) is 6.89. The number of nitrogens with two attached hydrogens (primary N) is 2. The highest BCUT2D eigenvalue weighted by Crippen LogP contribution is 2.20. The summed E-state index contributed by atoms with van der Waals surface area (Å²) >= 11 is 0. The van der Waals surface area contributed by atoms with Crippen molar-refractivity contribution in [1.29, 1.82) is 0 Å². The van der Waals surface area contributed by atoms with E-state index in [9.17, 15) is 0 Å². The fraction of sp³-hybridized carbons (Fsp3) is 0.765. The van der Waals surface area contributed by atoms with Gasteiger partial charge in [-0.05, 0) is 19.8 Å². The lowest BCUT2D eigenvalue weighted by Crippen LogP contribution is -2.27. The van der Waals surface area contributed by atoms with Gasteiger partial charge in [0.15, 0.2) is 0 Å². The maximum absolute atomic E-state index is 5.78. The maximum Gasteiger partial charge on any atom is 0.0340 e. The van der Waals surface area contributed by atoms with E-state index in [-0.39, 0.29) is 5.41 Å². The Hall–Kier alpha value is -1.16. The quantitative estimate of drug-likeness (QED) is 0.310. The average molecular weight is 297 g/mol. The van der Waals surface area contributed by atoms with Crippen LogP contribution in [-0.4, -0.2) is 18.1 Å². The van der Waals surface area contributed by atoms with Crippen LogP contribution in [-0.2, 0) is 0 Å². The van der Waals surface area contributed by atoms with Gasteiger partial charge in [0, 0.05) is 36.1 Å². The summed E-state index contributed by atoms with van der Waals surface area (Å²) < 4.78 is 0. The summed E-state index contributed by atoms with van der Waals surface area (Å²) in [4.78, 5) is 0. The van der Waals surface area contributed by atoms with Gasteiger partial charge in [0.25, 0.3) is 0 Å². The Bertz CT molecular complexity index is 311. The Morgan fingerprint density at radius 2 is 1.62 bits per heavy atom. The molecule has 0 aromatic heterocycles. The van der Waals surface area contributed by atoms with Gasteiger partial charge in [-0.3, -0.25) is 0 Å². The molecule has 0 fully saturated rings. The molecular formula is C17H36N4. The molecule has 5 N–H and O–H groups in total. The third kappa shape index (κ3) is 12.3. The number of hydrogen-bond acceptors (Lipinski definition) is 4. The molecule has 0 saturated heterocycles. The highest BCUT2D eigenvalue weighted by atomic mass is 15.4. The van der Waals surface area contributed by atoms with Gasteiger partial charge in [-0.15, -0.1) is 0 Å². The monoisotopic (exact) mass is 296 g/mol. The summed E-state index contributed by atoms with van der Waals surface area (Å²) in [5.74, 6) is 5.78. The van der Waals surface area contributed by atoms with E-state index in [1.807, 2.05) is 6.92 Å². The number of nitrogens with one attached hydrogen (secondary N) is 1. The lowest BCUT2D eigenvalue weighted by Gasteiger charge is -2.23. The number of unbranched alkanes of at least 4 members (excludes halogenated alkanes) is 5. The number of hydrogen-bond donors (Lipinski definition) is 3. The average Bonchev–Trinajstić information content (AvgIpc) is 2.34. The van der Waals surface area contributed by atoms with Crippen LogP contribution in [0.4, 0.5) is 0 Å². The van der Waals surface area contributed by atoms with Crippen molar-refractivity contribution in [3.8, 4) is 0 Å². The number of allylic oxidation sites excluding steroid dienone is 2. The molecule has 4 heteroatoms. The van der Waals surface area contributed by atoms with Crippen LogP contribution in [0.2, 0.25) is 0 Å². The smallest absolute Gasteiger partial charge is 0.0340 e. The normalized spacial score (nSPS) is 12.3. The molecule has 0 heterocycles. The maximum atomic E-state index is 5.78. The van der Waals surface area contributed by atoms with E-state index in [2.05, 4.69) is 32.7 Å². The minimum absolute atomic E-state index is 0.157. The Morgan fingerprint density at radius 3 is 2.14 bits per heavy atom. The van der Waals surface area contributed by atoms with Gasteiger partial charge in [-0.25, -0.2) is 5.84 Å². The van der Waals surface area contributed by atoms with Crippen LogP contribution in [0.3, 0.4) is 0 Å². The highest BCUT2D eigenvalue weighted by Gasteiger charge is 2.13. The molecule has 0 rings (SSSR count). The van der Waals surface area contributed by atoms with Gasteiger partial charge in [0.05, 0.1) is 0 Å². The van der Waals surface area contributed by atoms with E-state index in [0.29, 0.717) is 0 Å². The van der Waals surface area contributed by atoms with Crippen molar-refractivity contribution in [3.05, 3.63) is 24.2 Å². The molecule has 21 heavy (non-hydrogen) atoms. The predicted octanol–water partition coefficient (Wildman–Crippen LogP) is 3.47. The van der Waals surface area contributed by atoms with Crippen molar-refractivity contribution < 1.29 is 0 Å². The SMILES string of the molecule is C=C(NCCCCCCCCN(N)/C=C(/C)N)C(C)(C)C. The van der Waals surface area contributed by atoms with Gasteiger partial charge in [0.2, 0.25) is 0 Å². The molecule has 0 atom stereocenters.